The molecule has 2 rings (SSSR count). The van der Waals surface area contributed by atoms with Gasteiger partial charge >= 0.3 is 5.97 Å². The van der Waals surface area contributed by atoms with Gasteiger partial charge in [0.15, 0.2) is 0 Å². The van der Waals surface area contributed by atoms with Crippen LogP contribution in [0.3, 0.4) is 0 Å². The lowest BCUT2D eigenvalue weighted by Crippen LogP contribution is -2.02. The lowest BCUT2D eigenvalue weighted by Gasteiger charge is -2.01. The van der Waals surface area contributed by atoms with E-state index in [0.717, 1.165) is 5.56 Å². The molecule has 1 N–H and O–H groups in total. The minimum atomic E-state index is -0.363. The van der Waals surface area contributed by atoms with Crippen molar-refractivity contribution in [2.75, 3.05) is 13.7 Å². The van der Waals surface area contributed by atoms with E-state index >= 15 is 0 Å². The van der Waals surface area contributed by atoms with Crippen LogP contribution in [0.5, 0.6) is 0 Å². The average molecular weight is 208 g/mol. The van der Waals surface area contributed by atoms with Crippen molar-refractivity contribution in [3.05, 3.63) is 35.4 Å². The number of carbonyl (C=O) groups excluding carboxylic acids is 1. The number of aliphatic hydroxyl groups is 1. The summed E-state index contributed by atoms with van der Waals surface area (Å²) in [6.45, 7) is 0.00706. The molecular formula is C11H12O4. The Hall–Kier alpha value is -1.39. The van der Waals surface area contributed by atoms with Crippen LogP contribution in [0.1, 0.15) is 22.0 Å². The fourth-order valence-corrected chi connectivity index (χ4v) is 1.54. The van der Waals surface area contributed by atoms with E-state index in [2.05, 4.69) is 4.74 Å². The molecule has 0 radical (unpaired) electrons. The number of ether oxygens (including phenoxy) is 2. The minimum absolute atomic E-state index is 0.00706. The van der Waals surface area contributed by atoms with Crippen LogP contribution in [0.4, 0.5) is 0 Å². The zero-order valence-electron chi connectivity index (χ0n) is 8.34. The van der Waals surface area contributed by atoms with Crippen LogP contribution in [-0.4, -0.2) is 30.9 Å². The molecule has 0 aliphatic carbocycles. The van der Waals surface area contributed by atoms with E-state index in [1.807, 2.05) is 6.07 Å². The average Bonchev–Trinajstić information content (AvgIpc) is 3.07. The molecule has 0 aromatic heterocycles. The van der Waals surface area contributed by atoms with Gasteiger partial charge in [-0.05, 0) is 17.7 Å². The molecule has 0 saturated carbocycles. The molecular weight excluding hydrogens is 196 g/mol. The lowest BCUT2D eigenvalue weighted by atomic mass is 10.1. The number of hydrogen-bond acceptors (Lipinski definition) is 4. The second kappa shape index (κ2) is 4.00. The summed E-state index contributed by atoms with van der Waals surface area (Å²) >= 11 is 0. The zero-order chi connectivity index (χ0) is 10.8. The first-order valence-corrected chi connectivity index (χ1v) is 4.71. The van der Waals surface area contributed by atoms with Crippen molar-refractivity contribution in [1.29, 1.82) is 0 Å². The third kappa shape index (κ3) is 2.00. The molecule has 1 aliphatic heterocycles. The fourth-order valence-electron chi connectivity index (χ4n) is 1.54. The Kier molecular flexibility index (Phi) is 2.70. The Labute approximate surface area is 87.4 Å². The molecule has 15 heavy (non-hydrogen) atoms. The van der Waals surface area contributed by atoms with Crippen molar-refractivity contribution in [2.24, 2.45) is 0 Å². The molecule has 1 fully saturated rings. The van der Waals surface area contributed by atoms with Crippen LogP contribution < -0.4 is 0 Å². The predicted octanol–water partition coefficient (Wildman–Crippen LogP) is 0.905. The first-order valence-electron chi connectivity index (χ1n) is 4.71. The van der Waals surface area contributed by atoms with E-state index in [4.69, 9.17) is 9.84 Å². The molecule has 0 bridgehead atoms. The number of esters is 1. The van der Waals surface area contributed by atoms with Gasteiger partial charge in [0.2, 0.25) is 0 Å². The number of carbonyl (C=O) groups is 1. The van der Waals surface area contributed by atoms with Gasteiger partial charge in [0.1, 0.15) is 12.2 Å². The van der Waals surface area contributed by atoms with Gasteiger partial charge in [-0.3, -0.25) is 0 Å². The maximum Gasteiger partial charge on any atom is 0.337 e. The third-order valence-corrected chi connectivity index (χ3v) is 2.40. The highest BCUT2D eigenvalue weighted by atomic mass is 16.6. The Balaban J connectivity index is 2.17. The number of hydrogen-bond donors (Lipinski definition) is 1. The van der Waals surface area contributed by atoms with Crippen LogP contribution in [0.2, 0.25) is 0 Å². The monoisotopic (exact) mass is 208 g/mol. The largest absolute Gasteiger partial charge is 0.465 e. The number of epoxide rings is 1. The van der Waals surface area contributed by atoms with Gasteiger partial charge in [0, 0.05) is 0 Å². The second-order valence-electron chi connectivity index (χ2n) is 3.39. The molecule has 2 atom stereocenters. The van der Waals surface area contributed by atoms with Crippen molar-refractivity contribution >= 4 is 5.97 Å². The van der Waals surface area contributed by atoms with E-state index in [1.165, 1.54) is 7.11 Å². The topological polar surface area (TPSA) is 59.1 Å². The van der Waals surface area contributed by atoms with Gasteiger partial charge in [-0.25, -0.2) is 4.79 Å². The molecule has 1 aromatic carbocycles. The molecule has 4 heteroatoms. The zero-order valence-corrected chi connectivity index (χ0v) is 8.34. The van der Waals surface area contributed by atoms with E-state index < -0.39 is 0 Å². The van der Waals surface area contributed by atoms with E-state index in [9.17, 15) is 4.79 Å². The Bertz CT molecular complexity index is 375. The quantitative estimate of drug-likeness (QED) is 0.592. The highest BCUT2D eigenvalue weighted by Crippen LogP contribution is 2.38. The maximum atomic E-state index is 11.2. The van der Waals surface area contributed by atoms with Crippen LogP contribution in [-0.2, 0) is 9.47 Å². The Morgan fingerprint density at radius 1 is 1.60 bits per heavy atom. The van der Waals surface area contributed by atoms with Crippen molar-refractivity contribution in [3.8, 4) is 0 Å². The smallest absolute Gasteiger partial charge is 0.337 e. The summed E-state index contributed by atoms with van der Waals surface area (Å²) in [5, 5.41) is 8.85. The third-order valence-electron chi connectivity index (χ3n) is 2.40. The number of benzene rings is 1. The van der Waals surface area contributed by atoms with Crippen LogP contribution >= 0.6 is 0 Å². The summed E-state index contributed by atoms with van der Waals surface area (Å²) in [5.41, 5.74) is 1.40. The molecule has 1 aliphatic rings. The van der Waals surface area contributed by atoms with Gasteiger partial charge in [-0.15, -0.1) is 0 Å². The van der Waals surface area contributed by atoms with Gasteiger partial charge in [-0.1, -0.05) is 12.1 Å². The van der Waals surface area contributed by atoms with Crippen LogP contribution in [0.15, 0.2) is 24.3 Å². The molecule has 4 nitrogen and oxygen atoms in total. The second-order valence-corrected chi connectivity index (χ2v) is 3.39. The summed E-state index contributed by atoms with van der Waals surface area (Å²) in [6.07, 6.45) is -0.211. The molecule has 80 valence electrons. The lowest BCUT2D eigenvalue weighted by molar-refractivity contribution is 0.0600. The summed E-state index contributed by atoms with van der Waals surface area (Å²) in [7, 11) is 1.35. The van der Waals surface area contributed by atoms with Gasteiger partial charge in [0.25, 0.3) is 0 Å². The molecule has 0 unspecified atom stereocenters. The molecule has 1 heterocycles. The van der Waals surface area contributed by atoms with Crippen molar-refractivity contribution in [2.45, 2.75) is 12.2 Å². The SMILES string of the molecule is COC(=O)c1cccc([C@@H]2O[C@H]2CO)c1. The number of methoxy groups -OCH3 is 1. The van der Waals surface area contributed by atoms with Gasteiger partial charge in [-0.2, -0.15) is 0 Å². The van der Waals surface area contributed by atoms with Crippen molar-refractivity contribution in [1.82, 2.24) is 0 Å². The summed E-state index contributed by atoms with van der Waals surface area (Å²) < 4.78 is 9.83. The van der Waals surface area contributed by atoms with E-state index in [0.29, 0.717) is 5.56 Å². The van der Waals surface area contributed by atoms with Gasteiger partial charge in [0.05, 0.1) is 19.3 Å². The molecule has 0 spiro atoms. The van der Waals surface area contributed by atoms with Crippen molar-refractivity contribution < 1.29 is 19.4 Å². The standard InChI is InChI=1S/C11H12O4/c1-14-11(13)8-4-2-3-7(5-8)10-9(6-12)15-10/h2-5,9-10,12H,6H2,1H3/t9-,10-/m0/s1. The van der Waals surface area contributed by atoms with Gasteiger partial charge < -0.3 is 14.6 Å². The first-order chi connectivity index (χ1) is 7.26. The predicted molar refractivity (Wildman–Crippen MR) is 52.5 cm³/mol. The highest BCUT2D eigenvalue weighted by Gasteiger charge is 2.39. The minimum Gasteiger partial charge on any atom is -0.465 e. The van der Waals surface area contributed by atoms with E-state index in [-0.39, 0.29) is 24.8 Å². The first kappa shape index (κ1) is 10.1. The number of rotatable bonds is 3. The fraction of sp³-hybridized carbons (Fsp3) is 0.364. The van der Waals surface area contributed by atoms with Crippen LogP contribution in [0.25, 0.3) is 0 Å². The summed E-state index contributed by atoms with van der Waals surface area (Å²) in [5.74, 6) is -0.363. The summed E-state index contributed by atoms with van der Waals surface area (Å²) in [6, 6.07) is 7.06. The van der Waals surface area contributed by atoms with Crippen molar-refractivity contribution in [3.63, 3.8) is 0 Å². The maximum absolute atomic E-state index is 11.2. The Morgan fingerprint density at radius 2 is 2.40 bits per heavy atom. The van der Waals surface area contributed by atoms with E-state index in [1.54, 1.807) is 18.2 Å². The number of aliphatic hydroxyl groups excluding tert-OH is 1. The molecule has 1 aromatic rings. The molecule has 0 amide bonds. The summed E-state index contributed by atoms with van der Waals surface area (Å²) in [4.78, 5) is 11.2. The molecule has 1 saturated heterocycles. The van der Waals surface area contributed by atoms with Crippen LogP contribution in [0, 0.1) is 0 Å². The Morgan fingerprint density at radius 3 is 3.00 bits per heavy atom. The normalized spacial score (nSPS) is 23.6. The highest BCUT2D eigenvalue weighted by molar-refractivity contribution is 5.89.